The molecule has 0 bridgehead atoms. The summed E-state index contributed by atoms with van der Waals surface area (Å²) < 4.78 is 6.44. The first-order valence-electron chi connectivity index (χ1n) is 14.8. The van der Waals surface area contributed by atoms with Crippen LogP contribution in [-0.2, 0) is 4.74 Å². The van der Waals surface area contributed by atoms with E-state index in [0.717, 1.165) is 49.1 Å². The molecule has 5 rings (SSSR count). The molecule has 192 valence electrons. The van der Waals surface area contributed by atoms with Crippen LogP contribution in [0.2, 0.25) is 0 Å². The number of rotatable bonds is 6. The van der Waals surface area contributed by atoms with Gasteiger partial charge in [0, 0.05) is 19.5 Å². The maximum Gasteiger partial charge on any atom is 0.101 e. The number of hydrogen-bond acceptors (Lipinski definition) is 3. The van der Waals surface area contributed by atoms with Crippen LogP contribution in [0.5, 0.6) is 0 Å². The SMILES string of the molecule is CC1CC(OC2CCN(C)CC2)=CCC1CC1CC(CC2CC(C)C3C=CCCC23)C(O)C1C. The van der Waals surface area contributed by atoms with E-state index in [-0.39, 0.29) is 6.10 Å². The Labute approximate surface area is 209 Å². The van der Waals surface area contributed by atoms with Gasteiger partial charge in [-0.1, -0.05) is 32.9 Å². The highest BCUT2D eigenvalue weighted by molar-refractivity contribution is 5.06. The fourth-order valence-electron chi connectivity index (χ4n) is 8.72. The second-order valence-electron chi connectivity index (χ2n) is 13.3. The van der Waals surface area contributed by atoms with Crippen molar-refractivity contribution in [3.8, 4) is 0 Å². The average molecular weight is 470 g/mol. The number of likely N-dealkylation sites (tertiary alicyclic amines) is 1. The van der Waals surface area contributed by atoms with Crippen LogP contribution in [0.3, 0.4) is 0 Å². The second-order valence-corrected chi connectivity index (χ2v) is 13.3. The average Bonchev–Trinajstić information content (AvgIpc) is 3.28. The van der Waals surface area contributed by atoms with E-state index in [2.05, 4.69) is 50.9 Å². The topological polar surface area (TPSA) is 32.7 Å². The van der Waals surface area contributed by atoms with Gasteiger partial charge in [0.15, 0.2) is 0 Å². The summed E-state index contributed by atoms with van der Waals surface area (Å²) in [5, 5.41) is 11.2. The Morgan fingerprint density at radius 3 is 2.47 bits per heavy atom. The summed E-state index contributed by atoms with van der Waals surface area (Å²) >= 11 is 0. The van der Waals surface area contributed by atoms with E-state index in [4.69, 9.17) is 4.74 Å². The first kappa shape index (κ1) is 24.9. The number of allylic oxidation sites excluding steroid dienone is 4. The molecule has 10 unspecified atom stereocenters. The molecule has 0 aromatic rings. The van der Waals surface area contributed by atoms with Crippen molar-refractivity contribution in [2.75, 3.05) is 20.1 Å². The molecule has 0 radical (unpaired) electrons. The summed E-state index contributed by atoms with van der Waals surface area (Å²) in [7, 11) is 2.21. The van der Waals surface area contributed by atoms with Crippen LogP contribution in [0.15, 0.2) is 24.0 Å². The summed E-state index contributed by atoms with van der Waals surface area (Å²) in [6.45, 7) is 9.58. The Hall–Kier alpha value is -0.800. The quantitative estimate of drug-likeness (QED) is 0.440. The van der Waals surface area contributed by atoms with Gasteiger partial charge in [-0.05, 0) is 124 Å². The summed E-state index contributed by atoms with van der Waals surface area (Å²) in [5.41, 5.74) is 0. The van der Waals surface area contributed by atoms with E-state index in [1.165, 1.54) is 63.5 Å². The number of aliphatic hydroxyl groups is 1. The second kappa shape index (κ2) is 10.7. The van der Waals surface area contributed by atoms with Gasteiger partial charge < -0.3 is 14.7 Å². The number of fused-ring (bicyclic) bond motifs is 1. The molecule has 10 atom stereocenters. The fraction of sp³-hybridized carbons (Fsp3) is 0.871. The zero-order valence-corrected chi connectivity index (χ0v) is 22.4. The largest absolute Gasteiger partial charge is 0.495 e. The molecule has 0 aromatic carbocycles. The zero-order valence-electron chi connectivity index (χ0n) is 22.4. The number of nitrogens with zero attached hydrogens (tertiary/aromatic N) is 1. The zero-order chi connectivity index (χ0) is 23.8. The molecule has 1 heterocycles. The van der Waals surface area contributed by atoms with Crippen LogP contribution in [-0.4, -0.2) is 42.4 Å². The number of aliphatic hydroxyl groups excluding tert-OH is 1. The standard InChI is InChI=1S/C31H51NO2/c1-20-16-28(34-27-11-13-32(4)14-12-27)10-9-23(20)17-24-18-26(31(33)22(24)3)19-25-15-21(2)29-7-5-6-8-30(25)29/h5,7,10,20-27,29-31,33H,6,8-9,11-19H2,1-4H3. The van der Waals surface area contributed by atoms with Gasteiger partial charge in [-0.3, -0.25) is 0 Å². The lowest BCUT2D eigenvalue weighted by molar-refractivity contribution is 0.0423. The Morgan fingerprint density at radius 2 is 1.71 bits per heavy atom. The summed E-state index contributed by atoms with van der Waals surface area (Å²) in [4.78, 5) is 2.41. The number of piperidine rings is 1. The number of hydrogen-bond donors (Lipinski definition) is 1. The molecule has 1 N–H and O–H groups in total. The van der Waals surface area contributed by atoms with Crippen molar-refractivity contribution < 1.29 is 9.84 Å². The van der Waals surface area contributed by atoms with Crippen LogP contribution in [0, 0.1) is 53.3 Å². The van der Waals surface area contributed by atoms with Gasteiger partial charge in [-0.25, -0.2) is 0 Å². The van der Waals surface area contributed by atoms with E-state index in [0.29, 0.717) is 29.8 Å². The van der Waals surface area contributed by atoms with Crippen LogP contribution < -0.4 is 0 Å². The molecule has 0 spiro atoms. The summed E-state index contributed by atoms with van der Waals surface area (Å²) in [6.07, 6.45) is 20.2. The van der Waals surface area contributed by atoms with E-state index in [1.807, 2.05) is 0 Å². The van der Waals surface area contributed by atoms with Gasteiger partial charge in [0.2, 0.25) is 0 Å². The predicted molar refractivity (Wildman–Crippen MR) is 140 cm³/mol. The van der Waals surface area contributed by atoms with Crippen molar-refractivity contribution in [1.29, 1.82) is 0 Å². The first-order chi connectivity index (χ1) is 16.4. The molecule has 1 saturated heterocycles. The van der Waals surface area contributed by atoms with Gasteiger partial charge in [-0.15, -0.1) is 0 Å². The van der Waals surface area contributed by atoms with Crippen LogP contribution in [0.1, 0.15) is 85.0 Å². The normalized spacial score (nSPS) is 45.9. The minimum atomic E-state index is -0.0868. The smallest absolute Gasteiger partial charge is 0.101 e. The van der Waals surface area contributed by atoms with Crippen molar-refractivity contribution in [1.82, 2.24) is 4.90 Å². The van der Waals surface area contributed by atoms with E-state index in [1.54, 1.807) is 0 Å². The monoisotopic (exact) mass is 469 g/mol. The highest BCUT2D eigenvalue weighted by Gasteiger charge is 2.46. The Bertz CT molecular complexity index is 738. The molecule has 5 aliphatic rings. The van der Waals surface area contributed by atoms with Gasteiger partial charge in [0.05, 0.1) is 11.9 Å². The molecule has 1 aliphatic heterocycles. The molecule has 34 heavy (non-hydrogen) atoms. The predicted octanol–water partition coefficient (Wildman–Crippen LogP) is 6.68. The van der Waals surface area contributed by atoms with E-state index in [9.17, 15) is 5.11 Å². The van der Waals surface area contributed by atoms with Crippen LogP contribution >= 0.6 is 0 Å². The Kier molecular flexibility index (Phi) is 7.81. The molecular formula is C31H51NO2. The highest BCUT2D eigenvalue weighted by Crippen LogP contribution is 2.52. The summed E-state index contributed by atoms with van der Waals surface area (Å²) in [6, 6.07) is 0. The van der Waals surface area contributed by atoms with Crippen molar-refractivity contribution in [3.05, 3.63) is 24.0 Å². The Balaban J connectivity index is 1.13. The van der Waals surface area contributed by atoms with Crippen LogP contribution in [0.25, 0.3) is 0 Å². The first-order valence-corrected chi connectivity index (χ1v) is 14.8. The van der Waals surface area contributed by atoms with Crippen molar-refractivity contribution in [2.24, 2.45) is 53.3 Å². The molecule has 0 aromatic heterocycles. The lowest BCUT2D eigenvalue weighted by Crippen LogP contribution is -2.34. The van der Waals surface area contributed by atoms with Gasteiger partial charge in [0.1, 0.15) is 6.10 Å². The van der Waals surface area contributed by atoms with Gasteiger partial charge in [-0.2, -0.15) is 0 Å². The minimum Gasteiger partial charge on any atom is -0.495 e. The van der Waals surface area contributed by atoms with Gasteiger partial charge >= 0.3 is 0 Å². The lowest BCUT2D eigenvalue weighted by atomic mass is 9.75. The number of ether oxygens (including phenoxy) is 1. The van der Waals surface area contributed by atoms with Crippen LogP contribution in [0.4, 0.5) is 0 Å². The van der Waals surface area contributed by atoms with Crippen molar-refractivity contribution in [2.45, 2.75) is 97.2 Å². The maximum absolute atomic E-state index is 11.2. The molecule has 3 nitrogen and oxygen atoms in total. The minimum absolute atomic E-state index is 0.0868. The molecule has 4 aliphatic carbocycles. The lowest BCUT2D eigenvalue weighted by Gasteiger charge is -2.35. The fourth-order valence-corrected chi connectivity index (χ4v) is 8.72. The van der Waals surface area contributed by atoms with Gasteiger partial charge in [0.25, 0.3) is 0 Å². The third-order valence-corrected chi connectivity index (χ3v) is 11.0. The highest BCUT2D eigenvalue weighted by atomic mass is 16.5. The maximum atomic E-state index is 11.2. The van der Waals surface area contributed by atoms with E-state index < -0.39 is 0 Å². The third kappa shape index (κ3) is 5.31. The summed E-state index contributed by atoms with van der Waals surface area (Å²) in [5.74, 6) is 7.76. The molecule has 3 heteroatoms. The molecule has 0 amide bonds. The molecule has 3 fully saturated rings. The molecular weight excluding hydrogens is 418 g/mol. The van der Waals surface area contributed by atoms with Crippen molar-refractivity contribution in [3.63, 3.8) is 0 Å². The molecule has 2 saturated carbocycles. The van der Waals surface area contributed by atoms with E-state index >= 15 is 0 Å². The Morgan fingerprint density at radius 1 is 0.941 bits per heavy atom. The third-order valence-electron chi connectivity index (χ3n) is 11.0. The van der Waals surface area contributed by atoms with Crippen molar-refractivity contribution >= 4 is 0 Å².